The summed E-state index contributed by atoms with van der Waals surface area (Å²) in [5.41, 5.74) is -0.105. The molecular weight excluding hydrogens is 228 g/mol. The molecule has 2 N–H and O–H groups in total. The van der Waals surface area contributed by atoms with E-state index in [0.717, 1.165) is 38.8 Å². The first-order valence-corrected chi connectivity index (χ1v) is 7.16. The van der Waals surface area contributed by atoms with Crippen molar-refractivity contribution in [2.45, 2.75) is 64.1 Å². The number of nitrogens with one attached hydrogen (secondary N) is 2. The zero-order valence-corrected chi connectivity index (χ0v) is 11.8. The number of hydrogen-bond acceptors (Lipinski definition) is 3. The Morgan fingerprint density at radius 2 is 2.17 bits per heavy atom. The van der Waals surface area contributed by atoms with Gasteiger partial charge in [-0.1, -0.05) is 0 Å². The third-order valence-corrected chi connectivity index (χ3v) is 4.14. The van der Waals surface area contributed by atoms with Crippen LogP contribution in [-0.4, -0.2) is 36.7 Å². The summed E-state index contributed by atoms with van der Waals surface area (Å²) in [5, 5.41) is 6.60. The van der Waals surface area contributed by atoms with Crippen molar-refractivity contribution in [3.05, 3.63) is 0 Å². The van der Waals surface area contributed by atoms with Crippen molar-refractivity contribution in [3.8, 4) is 0 Å². The summed E-state index contributed by atoms with van der Waals surface area (Å²) in [5.74, 6) is 0.349. The molecule has 4 nitrogen and oxygen atoms in total. The van der Waals surface area contributed by atoms with Crippen LogP contribution in [0.1, 0.15) is 46.5 Å². The van der Waals surface area contributed by atoms with Crippen molar-refractivity contribution in [3.63, 3.8) is 0 Å². The molecule has 2 aliphatic rings. The summed E-state index contributed by atoms with van der Waals surface area (Å²) >= 11 is 0. The van der Waals surface area contributed by atoms with E-state index in [1.165, 1.54) is 0 Å². The Hall–Kier alpha value is -0.610. The van der Waals surface area contributed by atoms with E-state index in [9.17, 15) is 4.79 Å². The van der Waals surface area contributed by atoms with Crippen LogP contribution in [0, 0.1) is 5.92 Å². The van der Waals surface area contributed by atoms with Gasteiger partial charge in [0.05, 0.1) is 11.5 Å². The van der Waals surface area contributed by atoms with E-state index in [4.69, 9.17) is 4.74 Å². The molecule has 0 aliphatic carbocycles. The molecule has 0 aromatic carbocycles. The third kappa shape index (κ3) is 3.45. The molecule has 0 saturated carbocycles. The van der Waals surface area contributed by atoms with Gasteiger partial charge in [0.1, 0.15) is 0 Å². The lowest BCUT2D eigenvalue weighted by molar-refractivity contribution is -0.129. The number of ether oxygens (including phenoxy) is 1. The fourth-order valence-electron chi connectivity index (χ4n) is 3.07. The van der Waals surface area contributed by atoms with Crippen molar-refractivity contribution < 1.29 is 9.53 Å². The molecule has 1 amide bonds. The second-order valence-electron chi connectivity index (χ2n) is 6.30. The van der Waals surface area contributed by atoms with Gasteiger partial charge in [-0.3, -0.25) is 4.79 Å². The van der Waals surface area contributed by atoms with E-state index in [2.05, 4.69) is 31.4 Å². The summed E-state index contributed by atoms with van der Waals surface area (Å²) < 4.78 is 5.68. The van der Waals surface area contributed by atoms with Gasteiger partial charge >= 0.3 is 0 Å². The number of carbonyl (C=O) groups is 1. The van der Waals surface area contributed by atoms with Crippen LogP contribution in [0.2, 0.25) is 0 Å². The quantitative estimate of drug-likeness (QED) is 0.784. The maximum absolute atomic E-state index is 12.3. The van der Waals surface area contributed by atoms with Crippen LogP contribution in [-0.2, 0) is 9.53 Å². The topological polar surface area (TPSA) is 50.4 Å². The molecule has 2 heterocycles. The van der Waals surface area contributed by atoms with Crippen molar-refractivity contribution in [1.29, 1.82) is 0 Å². The van der Waals surface area contributed by atoms with Crippen LogP contribution in [0.5, 0.6) is 0 Å². The largest absolute Gasteiger partial charge is 0.375 e. The highest BCUT2D eigenvalue weighted by molar-refractivity contribution is 5.79. The first kappa shape index (κ1) is 13.8. The van der Waals surface area contributed by atoms with Crippen LogP contribution >= 0.6 is 0 Å². The molecular formula is C14H26N2O2. The van der Waals surface area contributed by atoms with Crippen LogP contribution in [0.25, 0.3) is 0 Å². The SMILES string of the molecule is CC1NCCCC1C(=O)NC1CCOC(C)(C)C1. The highest BCUT2D eigenvalue weighted by atomic mass is 16.5. The van der Waals surface area contributed by atoms with Crippen LogP contribution in [0.4, 0.5) is 0 Å². The van der Waals surface area contributed by atoms with Gasteiger partial charge in [-0.15, -0.1) is 0 Å². The Kier molecular flexibility index (Phi) is 4.28. The van der Waals surface area contributed by atoms with Gasteiger partial charge in [0.25, 0.3) is 0 Å². The molecule has 0 spiro atoms. The summed E-state index contributed by atoms with van der Waals surface area (Å²) in [7, 11) is 0. The minimum Gasteiger partial charge on any atom is -0.375 e. The van der Waals surface area contributed by atoms with Crippen molar-refractivity contribution >= 4 is 5.91 Å². The highest BCUT2D eigenvalue weighted by Crippen LogP contribution is 2.25. The molecule has 0 aromatic heterocycles. The Bertz CT molecular complexity index is 304. The average Bonchev–Trinajstić information content (AvgIpc) is 2.28. The normalized spacial score (nSPS) is 36.1. The van der Waals surface area contributed by atoms with Crippen LogP contribution in [0.15, 0.2) is 0 Å². The predicted molar refractivity (Wildman–Crippen MR) is 71.4 cm³/mol. The van der Waals surface area contributed by atoms with Crippen molar-refractivity contribution in [2.24, 2.45) is 5.92 Å². The predicted octanol–water partition coefficient (Wildman–Crippen LogP) is 1.45. The average molecular weight is 254 g/mol. The number of piperidine rings is 1. The van der Waals surface area contributed by atoms with Gasteiger partial charge < -0.3 is 15.4 Å². The fraction of sp³-hybridized carbons (Fsp3) is 0.929. The lowest BCUT2D eigenvalue weighted by atomic mass is 9.89. The molecule has 0 bridgehead atoms. The first-order chi connectivity index (χ1) is 8.48. The zero-order chi connectivity index (χ0) is 13.2. The van der Waals surface area contributed by atoms with Crippen LogP contribution < -0.4 is 10.6 Å². The highest BCUT2D eigenvalue weighted by Gasteiger charge is 2.33. The Morgan fingerprint density at radius 3 is 2.83 bits per heavy atom. The van der Waals surface area contributed by atoms with Gasteiger partial charge in [0.2, 0.25) is 5.91 Å². The molecule has 3 atom stereocenters. The summed E-state index contributed by atoms with van der Waals surface area (Å²) in [6.45, 7) is 8.08. The molecule has 4 heteroatoms. The first-order valence-electron chi connectivity index (χ1n) is 7.16. The van der Waals surface area contributed by atoms with E-state index in [1.54, 1.807) is 0 Å². The second-order valence-corrected chi connectivity index (χ2v) is 6.30. The smallest absolute Gasteiger partial charge is 0.224 e. The van der Waals surface area contributed by atoms with Crippen molar-refractivity contribution in [1.82, 2.24) is 10.6 Å². The number of hydrogen-bond donors (Lipinski definition) is 2. The molecule has 2 fully saturated rings. The summed E-state index contributed by atoms with van der Waals surface area (Å²) in [6.07, 6.45) is 3.95. The van der Waals surface area contributed by atoms with E-state index in [-0.39, 0.29) is 23.5 Å². The molecule has 0 radical (unpaired) electrons. The third-order valence-electron chi connectivity index (χ3n) is 4.14. The summed E-state index contributed by atoms with van der Waals surface area (Å²) in [4.78, 5) is 12.3. The van der Waals surface area contributed by atoms with Gasteiger partial charge in [-0.25, -0.2) is 0 Å². The number of amides is 1. The van der Waals surface area contributed by atoms with E-state index < -0.39 is 0 Å². The maximum Gasteiger partial charge on any atom is 0.224 e. The van der Waals surface area contributed by atoms with Crippen molar-refractivity contribution in [2.75, 3.05) is 13.2 Å². The minimum atomic E-state index is -0.105. The summed E-state index contributed by atoms with van der Waals surface area (Å²) in [6, 6.07) is 0.571. The lowest BCUT2D eigenvalue weighted by Gasteiger charge is -2.37. The second kappa shape index (κ2) is 5.57. The molecule has 2 aliphatic heterocycles. The monoisotopic (exact) mass is 254 g/mol. The molecule has 0 aromatic rings. The zero-order valence-electron chi connectivity index (χ0n) is 11.8. The van der Waals surface area contributed by atoms with Gasteiger partial charge in [-0.05, 0) is 53.0 Å². The molecule has 2 saturated heterocycles. The molecule has 104 valence electrons. The van der Waals surface area contributed by atoms with E-state index in [1.807, 2.05) is 0 Å². The van der Waals surface area contributed by atoms with Crippen LogP contribution in [0.3, 0.4) is 0 Å². The Balaban J connectivity index is 1.86. The Labute approximate surface area is 110 Å². The lowest BCUT2D eigenvalue weighted by Crippen LogP contribution is -2.52. The molecule has 3 unspecified atom stereocenters. The fourth-order valence-corrected chi connectivity index (χ4v) is 3.07. The van der Waals surface area contributed by atoms with E-state index >= 15 is 0 Å². The van der Waals surface area contributed by atoms with Gasteiger partial charge in [-0.2, -0.15) is 0 Å². The minimum absolute atomic E-state index is 0.105. The maximum atomic E-state index is 12.3. The van der Waals surface area contributed by atoms with Gasteiger partial charge in [0.15, 0.2) is 0 Å². The molecule has 2 rings (SSSR count). The van der Waals surface area contributed by atoms with E-state index in [0.29, 0.717) is 6.04 Å². The van der Waals surface area contributed by atoms with Gasteiger partial charge in [0, 0.05) is 18.7 Å². The number of rotatable bonds is 2. The Morgan fingerprint density at radius 1 is 1.39 bits per heavy atom. The number of carbonyl (C=O) groups excluding carboxylic acids is 1. The molecule has 18 heavy (non-hydrogen) atoms. The standard InChI is InChI=1S/C14H26N2O2/c1-10-12(5-4-7-15-10)13(17)16-11-6-8-18-14(2,3)9-11/h10-12,15H,4-9H2,1-3H3,(H,16,17).